The lowest BCUT2D eigenvalue weighted by atomic mass is 10.1. The molecule has 18 heavy (non-hydrogen) atoms. The standard InChI is InChI=1S/C14H12ClFOS/c1-9(17)10-5-6-14(13(15)7-10)18-12-4-2-3-11(16)8-12/h2-9,17H,1H3/t9-/m0/s1. The van der Waals surface area contributed by atoms with Crippen LogP contribution in [0.15, 0.2) is 52.3 Å². The molecule has 1 nitrogen and oxygen atoms in total. The van der Waals surface area contributed by atoms with Crippen molar-refractivity contribution < 1.29 is 9.50 Å². The number of aliphatic hydroxyl groups is 1. The number of hydrogen-bond donors (Lipinski definition) is 1. The van der Waals surface area contributed by atoms with Crippen LogP contribution in [0.3, 0.4) is 0 Å². The maximum Gasteiger partial charge on any atom is 0.124 e. The SMILES string of the molecule is C[C@H](O)c1ccc(Sc2cccc(F)c2)c(Cl)c1. The third kappa shape index (κ3) is 3.25. The molecule has 1 atom stereocenters. The molecule has 2 aromatic carbocycles. The highest BCUT2D eigenvalue weighted by molar-refractivity contribution is 7.99. The van der Waals surface area contributed by atoms with Gasteiger partial charge in [0.15, 0.2) is 0 Å². The minimum absolute atomic E-state index is 0.267. The molecule has 0 fully saturated rings. The third-order valence-electron chi connectivity index (χ3n) is 2.46. The van der Waals surface area contributed by atoms with E-state index in [0.717, 1.165) is 15.4 Å². The molecule has 0 saturated heterocycles. The first-order valence-corrected chi connectivity index (χ1v) is 6.66. The van der Waals surface area contributed by atoms with Gasteiger partial charge in [0.25, 0.3) is 0 Å². The Bertz CT molecular complexity index is 557. The number of halogens is 2. The molecule has 0 aliphatic carbocycles. The van der Waals surface area contributed by atoms with E-state index in [1.54, 1.807) is 19.1 Å². The van der Waals surface area contributed by atoms with E-state index in [1.807, 2.05) is 18.2 Å². The molecule has 4 heteroatoms. The summed E-state index contributed by atoms with van der Waals surface area (Å²) < 4.78 is 13.1. The summed E-state index contributed by atoms with van der Waals surface area (Å²) in [5.41, 5.74) is 0.767. The van der Waals surface area contributed by atoms with Crippen molar-refractivity contribution in [3.05, 3.63) is 58.9 Å². The highest BCUT2D eigenvalue weighted by atomic mass is 35.5. The van der Waals surface area contributed by atoms with Crippen molar-refractivity contribution in [2.24, 2.45) is 0 Å². The average molecular weight is 283 g/mol. The summed E-state index contributed by atoms with van der Waals surface area (Å²) in [6, 6.07) is 11.7. The summed E-state index contributed by atoms with van der Waals surface area (Å²) in [6.45, 7) is 1.69. The monoisotopic (exact) mass is 282 g/mol. The number of hydrogen-bond acceptors (Lipinski definition) is 2. The molecule has 0 aliphatic rings. The summed E-state index contributed by atoms with van der Waals surface area (Å²) in [4.78, 5) is 1.63. The molecule has 0 aromatic heterocycles. The van der Waals surface area contributed by atoms with Gasteiger partial charge in [0, 0.05) is 9.79 Å². The molecule has 0 unspecified atom stereocenters. The van der Waals surface area contributed by atoms with Crippen LogP contribution in [-0.2, 0) is 0 Å². The zero-order valence-electron chi connectivity index (χ0n) is 9.73. The largest absolute Gasteiger partial charge is 0.389 e. The normalized spacial score (nSPS) is 12.4. The molecule has 2 rings (SSSR count). The second-order valence-corrected chi connectivity index (χ2v) is 5.45. The molecule has 2 aromatic rings. The fraction of sp³-hybridized carbons (Fsp3) is 0.143. The Labute approximate surface area is 115 Å². The molecule has 0 heterocycles. The second-order valence-electron chi connectivity index (χ2n) is 3.93. The van der Waals surface area contributed by atoms with Crippen molar-refractivity contribution in [1.29, 1.82) is 0 Å². The van der Waals surface area contributed by atoms with E-state index in [-0.39, 0.29) is 5.82 Å². The lowest BCUT2D eigenvalue weighted by Crippen LogP contribution is -1.90. The number of rotatable bonds is 3. The lowest BCUT2D eigenvalue weighted by molar-refractivity contribution is 0.199. The van der Waals surface area contributed by atoms with Gasteiger partial charge in [-0.3, -0.25) is 0 Å². The molecule has 0 saturated carbocycles. The van der Waals surface area contributed by atoms with Crippen LogP contribution >= 0.6 is 23.4 Å². The summed E-state index contributed by atoms with van der Waals surface area (Å²) in [5, 5.41) is 10.0. The van der Waals surface area contributed by atoms with Crippen LogP contribution in [-0.4, -0.2) is 5.11 Å². The van der Waals surface area contributed by atoms with Crippen molar-refractivity contribution >= 4 is 23.4 Å². The Morgan fingerprint density at radius 2 is 2.00 bits per heavy atom. The Morgan fingerprint density at radius 1 is 1.22 bits per heavy atom. The van der Waals surface area contributed by atoms with Crippen molar-refractivity contribution in [3.63, 3.8) is 0 Å². The van der Waals surface area contributed by atoms with Crippen molar-refractivity contribution in [1.82, 2.24) is 0 Å². The van der Waals surface area contributed by atoms with E-state index in [0.29, 0.717) is 5.02 Å². The first-order chi connectivity index (χ1) is 8.56. The van der Waals surface area contributed by atoms with E-state index in [4.69, 9.17) is 11.6 Å². The zero-order chi connectivity index (χ0) is 13.1. The summed E-state index contributed by atoms with van der Waals surface area (Å²) in [7, 11) is 0. The lowest BCUT2D eigenvalue weighted by Gasteiger charge is -2.08. The third-order valence-corrected chi connectivity index (χ3v) is 3.95. The van der Waals surface area contributed by atoms with E-state index >= 15 is 0 Å². The van der Waals surface area contributed by atoms with E-state index in [2.05, 4.69) is 0 Å². The topological polar surface area (TPSA) is 20.2 Å². The minimum atomic E-state index is -0.546. The van der Waals surface area contributed by atoms with Gasteiger partial charge in [-0.05, 0) is 42.8 Å². The van der Waals surface area contributed by atoms with Crippen molar-refractivity contribution in [2.45, 2.75) is 22.8 Å². The van der Waals surface area contributed by atoms with Crippen LogP contribution in [0.25, 0.3) is 0 Å². The van der Waals surface area contributed by atoms with Gasteiger partial charge in [0.2, 0.25) is 0 Å². The van der Waals surface area contributed by atoms with Crippen LogP contribution in [0.5, 0.6) is 0 Å². The number of aliphatic hydroxyl groups excluding tert-OH is 1. The Morgan fingerprint density at radius 3 is 2.61 bits per heavy atom. The van der Waals surface area contributed by atoms with E-state index in [1.165, 1.54) is 23.9 Å². The van der Waals surface area contributed by atoms with Gasteiger partial charge in [-0.1, -0.05) is 35.5 Å². The van der Waals surface area contributed by atoms with Crippen LogP contribution in [0.2, 0.25) is 5.02 Å². The Kier molecular flexibility index (Phi) is 4.27. The van der Waals surface area contributed by atoms with Gasteiger partial charge < -0.3 is 5.11 Å². The van der Waals surface area contributed by atoms with Crippen LogP contribution in [0.4, 0.5) is 4.39 Å². The fourth-order valence-corrected chi connectivity index (χ4v) is 2.69. The van der Waals surface area contributed by atoms with E-state index < -0.39 is 6.10 Å². The average Bonchev–Trinajstić information content (AvgIpc) is 2.31. The highest BCUT2D eigenvalue weighted by Gasteiger charge is 2.07. The van der Waals surface area contributed by atoms with Crippen LogP contribution < -0.4 is 0 Å². The summed E-state index contributed by atoms with van der Waals surface area (Å²) >= 11 is 7.53. The van der Waals surface area contributed by atoms with Gasteiger partial charge in [-0.2, -0.15) is 0 Å². The molecule has 94 valence electrons. The molecule has 1 N–H and O–H groups in total. The molecular weight excluding hydrogens is 271 g/mol. The van der Waals surface area contributed by atoms with Crippen LogP contribution in [0.1, 0.15) is 18.6 Å². The van der Waals surface area contributed by atoms with Gasteiger partial charge in [-0.25, -0.2) is 4.39 Å². The summed E-state index contributed by atoms with van der Waals surface area (Å²) in [6.07, 6.45) is -0.546. The first-order valence-electron chi connectivity index (χ1n) is 5.47. The minimum Gasteiger partial charge on any atom is -0.389 e. The fourth-order valence-electron chi connectivity index (χ4n) is 1.52. The maximum absolute atomic E-state index is 13.1. The molecule has 0 amide bonds. The molecule has 0 bridgehead atoms. The van der Waals surface area contributed by atoms with Gasteiger partial charge >= 0.3 is 0 Å². The van der Waals surface area contributed by atoms with Gasteiger partial charge in [0.05, 0.1) is 11.1 Å². The van der Waals surface area contributed by atoms with Gasteiger partial charge in [-0.15, -0.1) is 0 Å². The molecular formula is C14H12ClFOS. The van der Waals surface area contributed by atoms with Crippen molar-refractivity contribution in [3.8, 4) is 0 Å². The highest BCUT2D eigenvalue weighted by Crippen LogP contribution is 2.34. The number of benzene rings is 2. The maximum atomic E-state index is 13.1. The van der Waals surface area contributed by atoms with Crippen molar-refractivity contribution in [2.75, 3.05) is 0 Å². The molecule has 0 radical (unpaired) electrons. The van der Waals surface area contributed by atoms with Crippen LogP contribution in [0, 0.1) is 5.82 Å². The Balaban J connectivity index is 2.24. The second kappa shape index (κ2) is 5.74. The molecule has 0 aliphatic heterocycles. The predicted molar refractivity (Wildman–Crippen MR) is 72.6 cm³/mol. The quantitative estimate of drug-likeness (QED) is 0.882. The Hall–Kier alpha value is -1.03. The summed E-state index contributed by atoms with van der Waals surface area (Å²) in [5.74, 6) is -0.267. The first kappa shape index (κ1) is 13.4. The van der Waals surface area contributed by atoms with Gasteiger partial charge in [0.1, 0.15) is 5.82 Å². The van der Waals surface area contributed by atoms with E-state index in [9.17, 15) is 9.50 Å². The predicted octanol–water partition coefficient (Wildman–Crippen LogP) is 4.68. The molecule has 0 spiro atoms. The zero-order valence-corrected chi connectivity index (χ0v) is 11.3. The smallest absolute Gasteiger partial charge is 0.124 e.